The fourth-order valence-corrected chi connectivity index (χ4v) is 1.12. The van der Waals surface area contributed by atoms with E-state index in [1.165, 1.54) is 0 Å². The molecular weight excluding hydrogens is 204 g/mol. The molecule has 0 heterocycles. The summed E-state index contributed by atoms with van der Waals surface area (Å²) in [7, 11) is 0. The second-order valence-electron chi connectivity index (χ2n) is 4.18. The lowest BCUT2D eigenvalue weighted by molar-refractivity contribution is 0.140. The van der Waals surface area contributed by atoms with Crippen LogP contribution in [0.25, 0.3) is 0 Å². The highest BCUT2D eigenvalue weighted by Crippen LogP contribution is 2.12. The number of anilines is 1. The first-order valence-electron chi connectivity index (χ1n) is 5.29. The molecule has 0 spiro atoms. The molecule has 1 aromatic carbocycles. The molecule has 0 saturated heterocycles. The lowest BCUT2D eigenvalue weighted by Gasteiger charge is -2.17. The zero-order valence-corrected chi connectivity index (χ0v) is 9.93. The number of ether oxygens (including phenoxy) is 1. The third-order valence-electron chi connectivity index (χ3n) is 2.05. The van der Waals surface area contributed by atoms with Gasteiger partial charge in [0.2, 0.25) is 0 Å². The lowest BCUT2D eigenvalue weighted by Crippen LogP contribution is -2.38. The van der Waals surface area contributed by atoms with E-state index in [4.69, 9.17) is 10.6 Å². The van der Waals surface area contributed by atoms with Crippen molar-refractivity contribution < 1.29 is 9.53 Å². The van der Waals surface area contributed by atoms with E-state index in [0.29, 0.717) is 18.2 Å². The maximum atomic E-state index is 11.5. The van der Waals surface area contributed by atoms with Crippen molar-refractivity contribution >= 4 is 11.8 Å². The predicted octanol–water partition coefficient (Wildman–Crippen LogP) is 2.47. The van der Waals surface area contributed by atoms with E-state index in [0.717, 1.165) is 10.6 Å². The van der Waals surface area contributed by atoms with Crippen LogP contribution in [-0.4, -0.2) is 12.7 Å². The highest BCUT2D eigenvalue weighted by atomic mass is 16.6. The van der Waals surface area contributed by atoms with Gasteiger partial charge in [-0.1, -0.05) is 31.5 Å². The van der Waals surface area contributed by atoms with Gasteiger partial charge in [0.1, 0.15) is 0 Å². The molecule has 0 saturated carbocycles. The van der Waals surface area contributed by atoms with Gasteiger partial charge in [-0.2, -0.15) is 0 Å². The molecule has 1 amide bonds. The maximum absolute atomic E-state index is 11.5. The number of nitrogens with two attached hydrogens (primary N) is 1. The Morgan fingerprint density at radius 1 is 1.38 bits per heavy atom. The van der Waals surface area contributed by atoms with Crippen LogP contribution in [0, 0.1) is 12.8 Å². The largest absolute Gasteiger partial charge is 0.448 e. The smallest absolute Gasteiger partial charge is 0.428 e. The van der Waals surface area contributed by atoms with Crippen LogP contribution >= 0.6 is 0 Å². The number of amides is 1. The summed E-state index contributed by atoms with van der Waals surface area (Å²) in [5.74, 6) is 5.93. The second kappa shape index (κ2) is 5.51. The Hall–Kier alpha value is -1.55. The summed E-state index contributed by atoms with van der Waals surface area (Å²) >= 11 is 0. The van der Waals surface area contributed by atoms with E-state index < -0.39 is 6.09 Å². The van der Waals surface area contributed by atoms with E-state index >= 15 is 0 Å². The summed E-state index contributed by atoms with van der Waals surface area (Å²) in [5.41, 5.74) is 1.74. The molecule has 4 nitrogen and oxygen atoms in total. The molecule has 16 heavy (non-hydrogen) atoms. The normalized spacial score (nSPS) is 10.3. The van der Waals surface area contributed by atoms with E-state index in [1.54, 1.807) is 12.1 Å². The van der Waals surface area contributed by atoms with Crippen LogP contribution in [0.5, 0.6) is 0 Å². The number of aryl methyl sites for hydroxylation is 1. The van der Waals surface area contributed by atoms with Crippen molar-refractivity contribution in [2.45, 2.75) is 20.8 Å². The minimum Gasteiger partial charge on any atom is -0.448 e. The molecule has 4 heteroatoms. The number of hydrazine groups is 1. The summed E-state index contributed by atoms with van der Waals surface area (Å²) in [5, 5.41) is 1.02. The summed E-state index contributed by atoms with van der Waals surface area (Å²) in [6.45, 7) is 6.29. The van der Waals surface area contributed by atoms with Crippen molar-refractivity contribution in [3.8, 4) is 0 Å². The van der Waals surface area contributed by atoms with E-state index in [9.17, 15) is 4.79 Å². The second-order valence-corrected chi connectivity index (χ2v) is 4.18. The highest BCUT2D eigenvalue weighted by molar-refractivity contribution is 5.86. The first-order valence-corrected chi connectivity index (χ1v) is 5.29. The quantitative estimate of drug-likeness (QED) is 0.485. The standard InChI is InChI=1S/C12H18N2O2/c1-9(2)8-16-12(15)14(13)11-6-4-10(3)5-7-11/h4-7,9H,8,13H2,1-3H3. The monoisotopic (exact) mass is 222 g/mol. The van der Waals surface area contributed by atoms with Crippen LogP contribution in [0.3, 0.4) is 0 Å². The third kappa shape index (κ3) is 3.55. The zero-order chi connectivity index (χ0) is 12.1. The SMILES string of the molecule is Cc1ccc(N(N)C(=O)OCC(C)C)cc1. The maximum Gasteiger partial charge on any atom is 0.428 e. The van der Waals surface area contributed by atoms with Gasteiger partial charge in [0, 0.05) is 0 Å². The van der Waals surface area contributed by atoms with Gasteiger partial charge < -0.3 is 4.74 Å². The Morgan fingerprint density at radius 2 is 1.94 bits per heavy atom. The minimum absolute atomic E-state index is 0.301. The number of hydrogen-bond acceptors (Lipinski definition) is 3. The molecule has 1 aromatic rings. The topological polar surface area (TPSA) is 55.6 Å². The molecule has 0 aliphatic heterocycles. The molecule has 0 aromatic heterocycles. The third-order valence-corrected chi connectivity index (χ3v) is 2.05. The van der Waals surface area contributed by atoms with Gasteiger partial charge in [0.05, 0.1) is 12.3 Å². The first kappa shape index (κ1) is 12.5. The Labute approximate surface area is 96.0 Å². The number of hydrogen-bond donors (Lipinski definition) is 1. The molecule has 0 aliphatic carbocycles. The van der Waals surface area contributed by atoms with Crippen LogP contribution in [0.4, 0.5) is 10.5 Å². The molecular formula is C12H18N2O2. The van der Waals surface area contributed by atoms with Gasteiger partial charge in [-0.3, -0.25) is 0 Å². The Bertz CT molecular complexity index is 347. The fraction of sp³-hybridized carbons (Fsp3) is 0.417. The predicted molar refractivity (Wildman–Crippen MR) is 64.0 cm³/mol. The van der Waals surface area contributed by atoms with Gasteiger partial charge >= 0.3 is 6.09 Å². The molecule has 0 atom stereocenters. The number of carbonyl (C=O) groups is 1. The number of carbonyl (C=O) groups excluding carboxylic acids is 1. The molecule has 0 unspecified atom stereocenters. The molecule has 1 rings (SSSR count). The van der Waals surface area contributed by atoms with Crippen molar-refractivity contribution in [2.75, 3.05) is 11.6 Å². The highest BCUT2D eigenvalue weighted by Gasteiger charge is 2.13. The van der Waals surface area contributed by atoms with Gasteiger partial charge in [-0.15, -0.1) is 0 Å². The first-order chi connectivity index (χ1) is 7.50. The minimum atomic E-state index is -0.530. The molecule has 0 fully saturated rings. The van der Waals surface area contributed by atoms with Crippen molar-refractivity contribution in [3.05, 3.63) is 29.8 Å². The Morgan fingerprint density at radius 3 is 2.44 bits per heavy atom. The molecule has 0 radical (unpaired) electrons. The summed E-state index contributed by atoms with van der Waals surface area (Å²) in [4.78, 5) is 11.5. The van der Waals surface area contributed by atoms with Crippen LogP contribution in [0.15, 0.2) is 24.3 Å². The van der Waals surface area contributed by atoms with Gasteiger partial charge in [0.25, 0.3) is 0 Å². The van der Waals surface area contributed by atoms with Crippen molar-refractivity contribution in [2.24, 2.45) is 11.8 Å². The van der Waals surface area contributed by atoms with Crippen molar-refractivity contribution in [1.29, 1.82) is 0 Å². The van der Waals surface area contributed by atoms with Crippen LogP contribution < -0.4 is 10.9 Å². The molecule has 88 valence electrons. The van der Waals surface area contributed by atoms with Crippen LogP contribution in [0.2, 0.25) is 0 Å². The van der Waals surface area contributed by atoms with Crippen molar-refractivity contribution in [3.63, 3.8) is 0 Å². The van der Waals surface area contributed by atoms with E-state index in [1.807, 2.05) is 32.9 Å². The van der Waals surface area contributed by atoms with Crippen molar-refractivity contribution in [1.82, 2.24) is 0 Å². The number of benzene rings is 1. The lowest BCUT2D eigenvalue weighted by atomic mass is 10.2. The van der Waals surface area contributed by atoms with E-state index in [2.05, 4.69) is 0 Å². The number of rotatable bonds is 3. The van der Waals surface area contributed by atoms with Crippen LogP contribution in [-0.2, 0) is 4.74 Å². The van der Waals surface area contributed by atoms with Gasteiger partial charge in [0.15, 0.2) is 0 Å². The average Bonchev–Trinajstić information content (AvgIpc) is 2.26. The summed E-state index contributed by atoms with van der Waals surface area (Å²) in [6.07, 6.45) is -0.530. The van der Waals surface area contributed by atoms with Gasteiger partial charge in [-0.25, -0.2) is 15.6 Å². The van der Waals surface area contributed by atoms with Gasteiger partial charge in [-0.05, 0) is 25.0 Å². The molecule has 0 bridgehead atoms. The molecule has 0 aliphatic rings. The summed E-state index contributed by atoms with van der Waals surface area (Å²) in [6, 6.07) is 7.35. The van der Waals surface area contributed by atoms with Crippen LogP contribution in [0.1, 0.15) is 19.4 Å². The fourth-order valence-electron chi connectivity index (χ4n) is 1.12. The Kier molecular flexibility index (Phi) is 4.31. The Balaban J connectivity index is 2.59. The van der Waals surface area contributed by atoms with E-state index in [-0.39, 0.29) is 0 Å². The molecule has 2 N–H and O–H groups in total. The summed E-state index contributed by atoms with van der Waals surface area (Å²) < 4.78 is 5.01. The number of nitrogens with zero attached hydrogens (tertiary/aromatic N) is 1. The zero-order valence-electron chi connectivity index (χ0n) is 9.93. The average molecular weight is 222 g/mol.